The van der Waals surface area contributed by atoms with Gasteiger partial charge in [0.15, 0.2) is 0 Å². The Hall–Kier alpha value is -2.88. The van der Waals surface area contributed by atoms with Crippen LogP contribution in [0.15, 0.2) is 70.7 Å². The maximum atomic E-state index is 11.6. The number of nitrogens with one attached hydrogen (secondary N) is 1. The second-order valence-electron chi connectivity index (χ2n) is 5.91. The van der Waals surface area contributed by atoms with Gasteiger partial charge in [-0.15, -0.1) is 11.6 Å². The predicted octanol–water partition coefficient (Wildman–Crippen LogP) is 4.66. The van der Waals surface area contributed by atoms with E-state index in [2.05, 4.69) is 21.4 Å². The average molecular weight is 409 g/mol. The summed E-state index contributed by atoms with van der Waals surface area (Å²) in [7, 11) is 0. The topological polar surface area (TPSA) is 78.7 Å². The Morgan fingerprint density at radius 1 is 1.11 bits per heavy atom. The number of amides is 1. The standard InChI is InChI=1S/C21H17ClN4OS/c22-11-9-20(27)25-17-5-7-18(8-6-17)28-21-10-12-24-19(26-21)13-15-1-3-16(14-23)4-2-15/h1-8,10,12H,9,11,13H2,(H,25,27). The third-order valence-corrected chi connectivity index (χ3v) is 4.94. The van der Waals surface area contributed by atoms with Gasteiger partial charge in [-0.2, -0.15) is 5.26 Å². The molecular formula is C21H17ClN4OS. The molecule has 28 heavy (non-hydrogen) atoms. The first-order chi connectivity index (χ1) is 13.7. The Kier molecular flexibility index (Phi) is 7.01. The lowest BCUT2D eigenvalue weighted by Gasteiger charge is -2.06. The first-order valence-corrected chi connectivity index (χ1v) is 9.96. The Morgan fingerprint density at radius 2 is 1.86 bits per heavy atom. The number of carbonyl (C=O) groups is 1. The number of anilines is 1. The number of nitriles is 1. The molecule has 3 aromatic rings. The lowest BCUT2D eigenvalue weighted by atomic mass is 10.1. The molecule has 2 aromatic carbocycles. The van der Waals surface area contributed by atoms with Gasteiger partial charge in [-0.25, -0.2) is 9.97 Å². The van der Waals surface area contributed by atoms with Gasteiger partial charge in [0.05, 0.1) is 11.6 Å². The lowest BCUT2D eigenvalue weighted by Crippen LogP contribution is -2.11. The average Bonchev–Trinajstić information content (AvgIpc) is 2.71. The van der Waals surface area contributed by atoms with E-state index in [9.17, 15) is 4.79 Å². The highest BCUT2D eigenvalue weighted by Gasteiger charge is 2.05. The molecule has 0 spiro atoms. The molecule has 0 atom stereocenters. The summed E-state index contributed by atoms with van der Waals surface area (Å²) in [5.41, 5.74) is 2.43. The minimum absolute atomic E-state index is 0.0985. The van der Waals surface area contributed by atoms with Crippen LogP contribution in [0.3, 0.4) is 0 Å². The van der Waals surface area contributed by atoms with Crippen LogP contribution in [0.4, 0.5) is 5.69 Å². The third-order valence-electron chi connectivity index (χ3n) is 3.81. The summed E-state index contributed by atoms with van der Waals surface area (Å²) in [6.45, 7) is 0. The second-order valence-corrected chi connectivity index (χ2v) is 7.38. The Morgan fingerprint density at radius 3 is 2.54 bits per heavy atom. The maximum absolute atomic E-state index is 11.6. The Labute approximate surface area is 172 Å². The van der Waals surface area contributed by atoms with Crippen molar-refractivity contribution in [3.8, 4) is 6.07 Å². The van der Waals surface area contributed by atoms with Crippen molar-refractivity contribution in [1.82, 2.24) is 9.97 Å². The monoisotopic (exact) mass is 408 g/mol. The van der Waals surface area contributed by atoms with Crippen molar-refractivity contribution in [3.63, 3.8) is 0 Å². The SMILES string of the molecule is N#Cc1ccc(Cc2nccc(Sc3ccc(NC(=O)CCCl)cc3)n2)cc1. The van der Waals surface area contributed by atoms with Crippen molar-refractivity contribution >= 4 is 35.0 Å². The van der Waals surface area contributed by atoms with Crippen LogP contribution >= 0.6 is 23.4 Å². The summed E-state index contributed by atoms with van der Waals surface area (Å²) in [5, 5.41) is 12.5. The minimum atomic E-state index is -0.0985. The van der Waals surface area contributed by atoms with Crippen molar-refractivity contribution in [2.45, 2.75) is 22.8 Å². The minimum Gasteiger partial charge on any atom is -0.326 e. The van der Waals surface area contributed by atoms with Gasteiger partial charge in [-0.3, -0.25) is 4.79 Å². The van der Waals surface area contributed by atoms with Crippen LogP contribution in [0, 0.1) is 11.3 Å². The van der Waals surface area contributed by atoms with Crippen molar-refractivity contribution in [1.29, 1.82) is 5.26 Å². The first-order valence-electron chi connectivity index (χ1n) is 8.61. The molecule has 1 amide bonds. The predicted molar refractivity (Wildman–Crippen MR) is 111 cm³/mol. The van der Waals surface area contributed by atoms with E-state index >= 15 is 0 Å². The summed E-state index contributed by atoms with van der Waals surface area (Å²) in [4.78, 5) is 21.5. The highest BCUT2D eigenvalue weighted by atomic mass is 35.5. The molecule has 0 saturated carbocycles. The van der Waals surface area contributed by atoms with Crippen molar-refractivity contribution in [2.24, 2.45) is 0 Å². The molecule has 5 nitrogen and oxygen atoms in total. The van der Waals surface area contributed by atoms with Crippen molar-refractivity contribution in [2.75, 3.05) is 11.2 Å². The number of alkyl halides is 1. The molecule has 140 valence electrons. The van der Waals surface area contributed by atoms with Gasteiger partial charge in [0.2, 0.25) is 5.91 Å². The van der Waals surface area contributed by atoms with Crippen LogP contribution < -0.4 is 5.32 Å². The van der Waals surface area contributed by atoms with Gasteiger partial charge in [0.1, 0.15) is 10.9 Å². The van der Waals surface area contributed by atoms with E-state index in [-0.39, 0.29) is 5.91 Å². The quantitative estimate of drug-likeness (QED) is 0.454. The normalized spacial score (nSPS) is 10.3. The molecule has 7 heteroatoms. The van der Waals surface area contributed by atoms with Gasteiger partial charge in [0, 0.05) is 35.5 Å². The molecule has 3 rings (SSSR count). The van der Waals surface area contributed by atoms with Crippen LogP contribution in [0.1, 0.15) is 23.4 Å². The number of aromatic nitrogens is 2. The fourth-order valence-electron chi connectivity index (χ4n) is 2.44. The molecule has 1 heterocycles. The van der Waals surface area contributed by atoms with Gasteiger partial charge < -0.3 is 5.32 Å². The number of nitrogens with zero attached hydrogens (tertiary/aromatic N) is 3. The summed E-state index contributed by atoms with van der Waals surface area (Å²) >= 11 is 7.09. The highest BCUT2D eigenvalue weighted by molar-refractivity contribution is 7.99. The molecule has 0 radical (unpaired) electrons. The van der Waals surface area contributed by atoms with Crippen LogP contribution in [0.5, 0.6) is 0 Å². The zero-order valence-electron chi connectivity index (χ0n) is 14.9. The van der Waals surface area contributed by atoms with Gasteiger partial charge in [-0.1, -0.05) is 23.9 Å². The van der Waals surface area contributed by atoms with Gasteiger partial charge >= 0.3 is 0 Å². The van der Waals surface area contributed by atoms with E-state index in [1.165, 1.54) is 11.8 Å². The van der Waals surface area contributed by atoms with Crippen molar-refractivity contribution < 1.29 is 4.79 Å². The van der Waals surface area contributed by atoms with E-state index in [1.54, 1.807) is 18.3 Å². The molecule has 0 saturated heterocycles. The second kappa shape index (κ2) is 9.88. The summed E-state index contributed by atoms with van der Waals surface area (Å²) < 4.78 is 0. The third kappa shape index (κ3) is 5.81. The molecule has 0 aliphatic carbocycles. The molecule has 0 aliphatic rings. The zero-order chi connectivity index (χ0) is 19.8. The molecular weight excluding hydrogens is 392 g/mol. The number of halogens is 1. The smallest absolute Gasteiger partial charge is 0.225 e. The Balaban J connectivity index is 1.63. The molecule has 1 aromatic heterocycles. The molecule has 0 fully saturated rings. The number of benzene rings is 2. The van der Waals surface area contributed by atoms with Gasteiger partial charge in [0.25, 0.3) is 0 Å². The van der Waals surface area contributed by atoms with E-state index in [1.807, 2.05) is 42.5 Å². The van der Waals surface area contributed by atoms with E-state index in [4.69, 9.17) is 16.9 Å². The number of carbonyl (C=O) groups excluding carboxylic acids is 1. The summed E-state index contributed by atoms with van der Waals surface area (Å²) in [6, 6.07) is 19.0. The fourth-order valence-corrected chi connectivity index (χ4v) is 3.40. The molecule has 1 N–H and O–H groups in total. The van der Waals surface area contributed by atoms with Crippen molar-refractivity contribution in [3.05, 3.63) is 77.7 Å². The molecule has 0 bridgehead atoms. The van der Waals surface area contributed by atoms with Crippen LogP contribution in [0.25, 0.3) is 0 Å². The fraction of sp³-hybridized carbons (Fsp3) is 0.143. The van der Waals surface area contributed by atoms with E-state index in [0.717, 1.165) is 27.0 Å². The zero-order valence-corrected chi connectivity index (χ0v) is 16.5. The van der Waals surface area contributed by atoms with Gasteiger partial charge in [-0.05, 0) is 48.0 Å². The van der Waals surface area contributed by atoms with Crippen LogP contribution in [0.2, 0.25) is 0 Å². The van der Waals surface area contributed by atoms with E-state index in [0.29, 0.717) is 24.3 Å². The van der Waals surface area contributed by atoms with E-state index < -0.39 is 0 Å². The first kappa shape index (κ1) is 19.9. The van der Waals surface area contributed by atoms with Crippen LogP contribution in [-0.2, 0) is 11.2 Å². The highest BCUT2D eigenvalue weighted by Crippen LogP contribution is 2.27. The molecule has 0 aliphatic heterocycles. The lowest BCUT2D eigenvalue weighted by molar-refractivity contribution is -0.115. The summed E-state index contributed by atoms with van der Waals surface area (Å²) in [6.07, 6.45) is 2.64. The molecule has 0 unspecified atom stereocenters. The summed E-state index contributed by atoms with van der Waals surface area (Å²) in [5.74, 6) is 0.927. The number of rotatable bonds is 7. The largest absolute Gasteiger partial charge is 0.326 e. The maximum Gasteiger partial charge on any atom is 0.225 e. The number of hydrogen-bond donors (Lipinski definition) is 1. The number of hydrogen-bond acceptors (Lipinski definition) is 5. The Bertz CT molecular complexity index is 985. The van der Waals surface area contributed by atoms with Crippen LogP contribution in [-0.4, -0.2) is 21.8 Å².